The van der Waals surface area contributed by atoms with E-state index < -0.39 is 11.9 Å². The van der Waals surface area contributed by atoms with E-state index >= 15 is 0 Å². The molecule has 2 heterocycles. The molecule has 0 aliphatic carbocycles. The van der Waals surface area contributed by atoms with E-state index in [0.717, 1.165) is 5.56 Å². The van der Waals surface area contributed by atoms with Crippen LogP contribution in [0.3, 0.4) is 0 Å². The lowest BCUT2D eigenvalue weighted by molar-refractivity contribution is 0.0970. The predicted molar refractivity (Wildman–Crippen MR) is 121 cm³/mol. The van der Waals surface area contributed by atoms with Crippen molar-refractivity contribution < 1.29 is 18.7 Å². The lowest BCUT2D eigenvalue weighted by Gasteiger charge is -2.25. The Labute approximate surface area is 183 Å². The predicted octanol–water partition coefficient (Wildman–Crippen LogP) is 4.75. The molecular weight excluding hydrogens is 406 g/mol. The SMILES string of the molecule is COc1ccc(C2c3c(oc4ccccc4c3=O)C(=O)N2c2ccc(C(C)=O)cc2)cc1. The van der Waals surface area contributed by atoms with Gasteiger partial charge in [-0.15, -0.1) is 0 Å². The quantitative estimate of drug-likeness (QED) is 0.441. The minimum atomic E-state index is -0.674. The second-order valence-corrected chi connectivity index (χ2v) is 7.62. The van der Waals surface area contributed by atoms with Gasteiger partial charge in [0.05, 0.1) is 24.1 Å². The molecule has 1 atom stereocenters. The number of methoxy groups -OCH3 is 1. The van der Waals surface area contributed by atoms with Gasteiger partial charge in [0, 0.05) is 11.3 Å². The van der Waals surface area contributed by atoms with Crippen LogP contribution in [0.2, 0.25) is 0 Å². The first kappa shape index (κ1) is 19.8. The first-order valence-electron chi connectivity index (χ1n) is 10.1. The van der Waals surface area contributed by atoms with E-state index in [2.05, 4.69) is 0 Å². The van der Waals surface area contributed by atoms with Crippen molar-refractivity contribution in [2.75, 3.05) is 12.0 Å². The third-order valence-corrected chi connectivity index (χ3v) is 5.76. The Balaban J connectivity index is 1.75. The van der Waals surface area contributed by atoms with Gasteiger partial charge in [-0.1, -0.05) is 24.3 Å². The average molecular weight is 425 g/mol. The molecule has 32 heavy (non-hydrogen) atoms. The average Bonchev–Trinajstić information content (AvgIpc) is 3.12. The van der Waals surface area contributed by atoms with Crippen LogP contribution in [-0.2, 0) is 0 Å². The Morgan fingerprint density at radius 1 is 0.938 bits per heavy atom. The second kappa shape index (κ2) is 7.50. The van der Waals surface area contributed by atoms with E-state index in [1.807, 2.05) is 12.1 Å². The molecule has 0 N–H and O–H groups in total. The Bertz CT molecular complexity index is 1420. The number of carbonyl (C=O) groups is 2. The van der Waals surface area contributed by atoms with E-state index in [-0.39, 0.29) is 17.0 Å². The van der Waals surface area contributed by atoms with Gasteiger partial charge < -0.3 is 9.15 Å². The summed E-state index contributed by atoms with van der Waals surface area (Å²) in [6, 6.07) is 20.2. The number of para-hydroxylation sites is 1. The van der Waals surface area contributed by atoms with Crippen molar-refractivity contribution in [2.24, 2.45) is 0 Å². The fourth-order valence-corrected chi connectivity index (χ4v) is 4.14. The highest BCUT2D eigenvalue weighted by Crippen LogP contribution is 2.41. The summed E-state index contributed by atoms with van der Waals surface area (Å²) in [5, 5.41) is 0.423. The first-order chi connectivity index (χ1) is 15.5. The molecule has 0 saturated heterocycles. The zero-order valence-electron chi connectivity index (χ0n) is 17.5. The first-order valence-corrected chi connectivity index (χ1v) is 10.1. The summed E-state index contributed by atoms with van der Waals surface area (Å²) in [6.07, 6.45) is 0. The fraction of sp³-hybridized carbons (Fsp3) is 0.115. The number of carbonyl (C=O) groups excluding carboxylic acids is 2. The van der Waals surface area contributed by atoms with Crippen LogP contribution in [0.15, 0.2) is 82.0 Å². The summed E-state index contributed by atoms with van der Waals surface area (Å²) in [6.45, 7) is 1.49. The van der Waals surface area contributed by atoms with Gasteiger partial charge in [0.25, 0.3) is 5.91 Å². The van der Waals surface area contributed by atoms with Crippen LogP contribution in [0.25, 0.3) is 11.0 Å². The van der Waals surface area contributed by atoms with Crippen LogP contribution < -0.4 is 15.1 Å². The molecule has 0 bridgehead atoms. The Morgan fingerprint density at radius 2 is 1.62 bits per heavy atom. The van der Waals surface area contributed by atoms with E-state index in [4.69, 9.17) is 9.15 Å². The number of hydrogen-bond donors (Lipinski definition) is 0. The lowest BCUT2D eigenvalue weighted by Crippen LogP contribution is -2.29. The van der Waals surface area contributed by atoms with E-state index in [1.54, 1.807) is 72.7 Å². The van der Waals surface area contributed by atoms with Crippen molar-refractivity contribution in [3.8, 4) is 5.75 Å². The molecule has 4 aromatic rings. The number of hydrogen-bond acceptors (Lipinski definition) is 5. The fourth-order valence-electron chi connectivity index (χ4n) is 4.14. The molecule has 1 amide bonds. The summed E-state index contributed by atoms with van der Waals surface area (Å²) in [7, 11) is 1.58. The second-order valence-electron chi connectivity index (χ2n) is 7.62. The molecule has 0 saturated carbocycles. The van der Waals surface area contributed by atoms with Gasteiger partial charge in [-0.2, -0.15) is 0 Å². The normalized spacial score (nSPS) is 15.1. The van der Waals surface area contributed by atoms with Crippen LogP contribution in [0, 0.1) is 0 Å². The molecule has 1 aromatic heterocycles. The van der Waals surface area contributed by atoms with Gasteiger partial charge in [-0.05, 0) is 61.0 Å². The van der Waals surface area contributed by atoms with Crippen LogP contribution in [0.4, 0.5) is 5.69 Å². The molecule has 3 aromatic carbocycles. The van der Waals surface area contributed by atoms with Gasteiger partial charge >= 0.3 is 0 Å². The summed E-state index contributed by atoms with van der Waals surface area (Å²) < 4.78 is 11.2. The molecule has 1 aliphatic rings. The van der Waals surface area contributed by atoms with Crippen molar-refractivity contribution in [1.29, 1.82) is 0 Å². The molecule has 1 aliphatic heterocycles. The Hall–Kier alpha value is -4.19. The number of ether oxygens (including phenoxy) is 1. The van der Waals surface area contributed by atoms with Crippen molar-refractivity contribution in [3.63, 3.8) is 0 Å². The number of Topliss-reactive ketones (excluding diaryl/α,β-unsaturated/α-hetero) is 1. The minimum absolute atomic E-state index is 0.0326. The molecule has 0 fully saturated rings. The maximum absolute atomic E-state index is 13.5. The lowest BCUT2D eigenvalue weighted by atomic mass is 9.98. The number of amides is 1. The monoisotopic (exact) mass is 425 g/mol. The largest absolute Gasteiger partial charge is 0.497 e. The highest BCUT2D eigenvalue weighted by molar-refractivity contribution is 6.10. The van der Waals surface area contributed by atoms with Gasteiger partial charge in [0.1, 0.15) is 11.3 Å². The summed E-state index contributed by atoms with van der Waals surface area (Å²) >= 11 is 0. The third-order valence-electron chi connectivity index (χ3n) is 5.76. The zero-order valence-corrected chi connectivity index (χ0v) is 17.5. The van der Waals surface area contributed by atoms with Crippen molar-refractivity contribution in [1.82, 2.24) is 0 Å². The summed E-state index contributed by atoms with van der Waals surface area (Å²) in [5.74, 6) is 0.230. The third kappa shape index (κ3) is 3.00. The maximum atomic E-state index is 13.5. The van der Waals surface area contributed by atoms with Gasteiger partial charge in [-0.25, -0.2) is 0 Å². The van der Waals surface area contributed by atoms with E-state index in [0.29, 0.717) is 33.5 Å². The Kier molecular flexibility index (Phi) is 4.63. The van der Waals surface area contributed by atoms with Crippen molar-refractivity contribution in [3.05, 3.63) is 105 Å². The molecule has 0 spiro atoms. The van der Waals surface area contributed by atoms with Gasteiger partial charge in [-0.3, -0.25) is 19.3 Å². The highest BCUT2D eigenvalue weighted by atomic mass is 16.5. The van der Waals surface area contributed by atoms with Gasteiger partial charge in [0.2, 0.25) is 5.76 Å². The van der Waals surface area contributed by atoms with E-state index in [1.165, 1.54) is 6.92 Å². The number of nitrogens with zero attached hydrogens (tertiary/aromatic N) is 1. The molecule has 6 nitrogen and oxygen atoms in total. The summed E-state index contributed by atoms with van der Waals surface area (Å²) in [5.41, 5.74) is 2.28. The van der Waals surface area contributed by atoms with Crippen molar-refractivity contribution in [2.45, 2.75) is 13.0 Å². The number of benzene rings is 3. The van der Waals surface area contributed by atoms with E-state index in [9.17, 15) is 14.4 Å². The van der Waals surface area contributed by atoms with Crippen LogP contribution in [0.1, 0.15) is 45.0 Å². The molecule has 6 heteroatoms. The van der Waals surface area contributed by atoms with Crippen molar-refractivity contribution >= 4 is 28.3 Å². The van der Waals surface area contributed by atoms with Crippen LogP contribution in [0.5, 0.6) is 5.75 Å². The molecule has 0 radical (unpaired) electrons. The van der Waals surface area contributed by atoms with Crippen LogP contribution in [-0.4, -0.2) is 18.8 Å². The Morgan fingerprint density at radius 3 is 2.28 bits per heavy atom. The number of fused-ring (bicyclic) bond motifs is 2. The molecule has 158 valence electrons. The number of anilines is 1. The van der Waals surface area contributed by atoms with Gasteiger partial charge in [0.15, 0.2) is 11.2 Å². The summed E-state index contributed by atoms with van der Waals surface area (Å²) in [4.78, 5) is 40.2. The molecule has 1 unspecified atom stereocenters. The standard InChI is InChI=1S/C26H19NO5/c1-15(28)16-7-11-18(12-8-16)27-23(17-9-13-19(31-2)14-10-17)22-24(29)20-5-3-4-6-21(20)32-25(22)26(27)30/h3-14,23H,1-2H3. The topological polar surface area (TPSA) is 76.8 Å². The minimum Gasteiger partial charge on any atom is -0.497 e. The number of ketones is 1. The smallest absolute Gasteiger partial charge is 0.295 e. The molecular formula is C26H19NO5. The zero-order chi connectivity index (χ0) is 22.4. The molecule has 5 rings (SSSR count). The van der Waals surface area contributed by atoms with Crippen LogP contribution >= 0.6 is 0 Å². The maximum Gasteiger partial charge on any atom is 0.295 e. The number of rotatable bonds is 4. The highest BCUT2D eigenvalue weighted by Gasteiger charge is 2.43.